The zero-order valence-electron chi connectivity index (χ0n) is 9.29. The van der Waals surface area contributed by atoms with Crippen molar-refractivity contribution in [1.29, 1.82) is 0 Å². The summed E-state index contributed by atoms with van der Waals surface area (Å²) in [5.41, 5.74) is 0. The molecule has 0 aromatic rings. The first-order chi connectivity index (χ1) is 6.82. The first-order valence-electron chi connectivity index (χ1n) is 5.08. The van der Waals surface area contributed by atoms with Crippen LogP contribution in [0.1, 0.15) is 27.2 Å². The van der Waals surface area contributed by atoms with E-state index in [1.165, 1.54) is 0 Å². The molecule has 0 radical (unpaired) electrons. The number of carbonyl (C=O) groups excluding carboxylic acids is 1. The highest BCUT2D eigenvalue weighted by Crippen LogP contribution is 2.11. The molecule has 90 valence electrons. The topological polar surface area (TPSA) is 98.0 Å². The van der Waals surface area contributed by atoms with Gasteiger partial charge in [-0.3, -0.25) is 4.79 Å². The van der Waals surface area contributed by atoms with Gasteiger partial charge in [-0.25, -0.2) is 0 Å². The van der Waals surface area contributed by atoms with Crippen molar-refractivity contribution in [2.24, 2.45) is 5.92 Å². The lowest BCUT2D eigenvalue weighted by Crippen LogP contribution is -2.48. The Balaban J connectivity index is 4.43. The molecule has 0 saturated heterocycles. The van der Waals surface area contributed by atoms with Crippen LogP contribution in [0.25, 0.3) is 0 Å². The number of rotatable bonds is 6. The highest BCUT2D eigenvalue weighted by Gasteiger charge is 2.34. The summed E-state index contributed by atoms with van der Waals surface area (Å²) in [6.07, 6.45) is -5.71. The van der Waals surface area contributed by atoms with E-state index in [1.807, 2.05) is 0 Å². The van der Waals surface area contributed by atoms with Crippen LogP contribution in [-0.4, -0.2) is 50.6 Å². The van der Waals surface area contributed by atoms with Gasteiger partial charge in [-0.05, 0) is 6.42 Å². The summed E-state index contributed by atoms with van der Waals surface area (Å²) >= 11 is 0. The SMILES string of the molecule is CC[C@@H](O)[C@@H](O)[C@H](O)[C@H](O)C(=O)C(C)C. The third-order valence-corrected chi connectivity index (χ3v) is 2.35. The first kappa shape index (κ1) is 14.5. The molecule has 4 N–H and O–H groups in total. The van der Waals surface area contributed by atoms with E-state index in [9.17, 15) is 25.2 Å². The molecule has 4 atom stereocenters. The normalized spacial score (nSPS) is 19.7. The van der Waals surface area contributed by atoms with Gasteiger partial charge in [-0.2, -0.15) is 0 Å². The molecule has 0 aliphatic rings. The fraction of sp³-hybridized carbons (Fsp3) is 0.900. The van der Waals surface area contributed by atoms with E-state index in [1.54, 1.807) is 20.8 Å². The van der Waals surface area contributed by atoms with Gasteiger partial charge in [0.05, 0.1) is 6.10 Å². The summed E-state index contributed by atoms with van der Waals surface area (Å²) in [5, 5.41) is 37.4. The van der Waals surface area contributed by atoms with Gasteiger partial charge in [0.25, 0.3) is 0 Å². The number of aliphatic hydroxyl groups is 4. The minimum absolute atomic E-state index is 0.237. The van der Waals surface area contributed by atoms with Crippen LogP contribution in [0.4, 0.5) is 0 Å². The molecule has 0 aliphatic heterocycles. The summed E-state index contributed by atoms with van der Waals surface area (Å²) in [4.78, 5) is 11.3. The Kier molecular flexibility index (Phi) is 5.97. The van der Waals surface area contributed by atoms with Crippen LogP contribution < -0.4 is 0 Å². The molecule has 0 bridgehead atoms. The summed E-state index contributed by atoms with van der Waals surface area (Å²) in [5.74, 6) is -0.981. The smallest absolute Gasteiger partial charge is 0.166 e. The molecular weight excluding hydrogens is 200 g/mol. The van der Waals surface area contributed by atoms with Gasteiger partial charge in [-0.1, -0.05) is 20.8 Å². The Bertz CT molecular complexity index is 204. The largest absolute Gasteiger partial charge is 0.390 e. The Morgan fingerprint density at radius 2 is 1.53 bits per heavy atom. The van der Waals surface area contributed by atoms with Crippen LogP contribution in [0.3, 0.4) is 0 Å². The monoisotopic (exact) mass is 220 g/mol. The average Bonchev–Trinajstić information content (AvgIpc) is 2.23. The number of aliphatic hydroxyl groups excluding tert-OH is 4. The first-order valence-corrected chi connectivity index (χ1v) is 5.08. The lowest BCUT2D eigenvalue weighted by Gasteiger charge is -2.25. The molecule has 0 saturated carbocycles. The minimum Gasteiger partial charge on any atom is -0.390 e. The minimum atomic E-state index is -1.65. The molecule has 5 nitrogen and oxygen atoms in total. The predicted octanol–water partition coefficient (Wildman–Crippen LogP) is -0.935. The molecule has 0 amide bonds. The van der Waals surface area contributed by atoms with Crippen molar-refractivity contribution in [1.82, 2.24) is 0 Å². The van der Waals surface area contributed by atoms with Crippen molar-refractivity contribution >= 4 is 5.78 Å². The van der Waals surface area contributed by atoms with Gasteiger partial charge >= 0.3 is 0 Å². The van der Waals surface area contributed by atoms with Crippen molar-refractivity contribution in [3.8, 4) is 0 Å². The molecule has 0 aromatic carbocycles. The van der Waals surface area contributed by atoms with Crippen molar-refractivity contribution in [3.63, 3.8) is 0 Å². The van der Waals surface area contributed by atoms with E-state index >= 15 is 0 Å². The van der Waals surface area contributed by atoms with Gasteiger partial charge < -0.3 is 20.4 Å². The van der Waals surface area contributed by atoms with Gasteiger partial charge in [0.15, 0.2) is 5.78 Å². The number of hydrogen-bond acceptors (Lipinski definition) is 5. The van der Waals surface area contributed by atoms with Crippen LogP contribution in [0.5, 0.6) is 0 Å². The lowest BCUT2D eigenvalue weighted by atomic mass is 9.94. The molecule has 0 aliphatic carbocycles. The second-order valence-electron chi connectivity index (χ2n) is 3.96. The van der Waals surface area contributed by atoms with E-state index < -0.39 is 36.1 Å². The maximum absolute atomic E-state index is 11.3. The summed E-state index contributed by atoms with van der Waals surface area (Å²) in [7, 11) is 0. The average molecular weight is 220 g/mol. The van der Waals surface area contributed by atoms with Gasteiger partial charge in [0.1, 0.15) is 18.3 Å². The van der Waals surface area contributed by atoms with Crippen molar-refractivity contribution in [3.05, 3.63) is 0 Å². The zero-order chi connectivity index (χ0) is 12.2. The zero-order valence-corrected chi connectivity index (χ0v) is 9.29. The van der Waals surface area contributed by atoms with Gasteiger partial charge in [0.2, 0.25) is 0 Å². The number of ketones is 1. The lowest BCUT2D eigenvalue weighted by molar-refractivity contribution is -0.147. The van der Waals surface area contributed by atoms with Crippen molar-refractivity contribution in [2.45, 2.75) is 51.6 Å². The van der Waals surface area contributed by atoms with E-state index in [0.717, 1.165) is 0 Å². The molecule has 15 heavy (non-hydrogen) atoms. The van der Waals surface area contributed by atoms with Gasteiger partial charge in [0, 0.05) is 5.92 Å². The molecular formula is C10H20O5. The number of carbonyl (C=O) groups is 1. The molecule has 5 heteroatoms. The number of Topliss-reactive ketones (excluding diaryl/α,β-unsaturated/α-hetero) is 1. The Morgan fingerprint density at radius 3 is 1.87 bits per heavy atom. The number of hydrogen-bond donors (Lipinski definition) is 4. The summed E-state index contributed by atoms with van der Waals surface area (Å²) in [6.45, 7) is 4.79. The predicted molar refractivity (Wildman–Crippen MR) is 54.2 cm³/mol. The highest BCUT2D eigenvalue weighted by atomic mass is 16.4. The third-order valence-electron chi connectivity index (χ3n) is 2.35. The summed E-state index contributed by atoms with van der Waals surface area (Å²) < 4.78 is 0. The quantitative estimate of drug-likeness (QED) is 0.463. The second-order valence-corrected chi connectivity index (χ2v) is 3.96. The van der Waals surface area contributed by atoms with E-state index in [0.29, 0.717) is 0 Å². The standard InChI is InChI=1S/C10H20O5/c1-4-6(11)8(13)10(15)9(14)7(12)5(2)3/h5-6,8-11,13-15H,4H2,1-3H3/t6-,8-,9-,10+/m1/s1. The van der Waals surface area contributed by atoms with Crippen LogP contribution in [0.2, 0.25) is 0 Å². The van der Waals surface area contributed by atoms with Crippen LogP contribution in [-0.2, 0) is 4.79 Å². The molecule has 0 spiro atoms. The molecule has 0 heterocycles. The molecule has 0 unspecified atom stereocenters. The maximum Gasteiger partial charge on any atom is 0.166 e. The summed E-state index contributed by atoms with van der Waals surface area (Å²) in [6, 6.07) is 0. The fourth-order valence-electron chi connectivity index (χ4n) is 1.17. The highest BCUT2D eigenvalue weighted by molar-refractivity contribution is 5.85. The van der Waals surface area contributed by atoms with E-state index in [-0.39, 0.29) is 6.42 Å². The second kappa shape index (κ2) is 6.17. The Hall–Kier alpha value is -0.490. The molecule has 0 aromatic heterocycles. The van der Waals surface area contributed by atoms with Crippen LogP contribution in [0.15, 0.2) is 0 Å². The van der Waals surface area contributed by atoms with Gasteiger partial charge in [-0.15, -0.1) is 0 Å². The maximum atomic E-state index is 11.3. The fourth-order valence-corrected chi connectivity index (χ4v) is 1.17. The molecule has 0 rings (SSSR count). The Morgan fingerprint density at radius 1 is 1.07 bits per heavy atom. The third kappa shape index (κ3) is 3.87. The van der Waals surface area contributed by atoms with E-state index in [2.05, 4.69) is 0 Å². The Labute approximate surface area is 89.4 Å². The van der Waals surface area contributed by atoms with Crippen LogP contribution in [0, 0.1) is 5.92 Å². The van der Waals surface area contributed by atoms with E-state index in [4.69, 9.17) is 0 Å². The van der Waals surface area contributed by atoms with Crippen LogP contribution >= 0.6 is 0 Å². The van der Waals surface area contributed by atoms with Crippen molar-refractivity contribution < 1.29 is 25.2 Å². The van der Waals surface area contributed by atoms with Crippen molar-refractivity contribution in [2.75, 3.05) is 0 Å². The molecule has 0 fully saturated rings.